The van der Waals surface area contributed by atoms with Crippen molar-refractivity contribution in [3.63, 3.8) is 0 Å². The summed E-state index contributed by atoms with van der Waals surface area (Å²) in [5.41, 5.74) is 3.16. The zero-order chi connectivity index (χ0) is 19.8. The number of aromatic nitrogens is 3. The second-order valence-electron chi connectivity index (χ2n) is 7.72. The molecule has 0 saturated carbocycles. The molecule has 7 heteroatoms. The number of aryl methyl sites for hydroxylation is 2. The van der Waals surface area contributed by atoms with Crippen LogP contribution >= 0.6 is 0 Å². The minimum absolute atomic E-state index is 0.163. The summed E-state index contributed by atoms with van der Waals surface area (Å²) < 4.78 is 16.6. The highest BCUT2D eigenvalue weighted by atomic mass is 16.5. The molecule has 3 aromatic rings. The van der Waals surface area contributed by atoms with Crippen molar-refractivity contribution in [3.05, 3.63) is 63.4 Å². The van der Waals surface area contributed by atoms with E-state index in [1.165, 1.54) is 5.56 Å². The molecule has 0 radical (unpaired) electrons. The van der Waals surface area contributed by atoms with Gasteiger partial charge in [-0.3, -0.25) is 4.79 Å². The van der Waals surface area contributed by atoms with Crippen LogP contribution in [0.5, 0.6) is 5.75 Å². The van der Waals surface area contributed by atoms with Gasteiger partial charge in [-0.05, 0) is 61.4 Å². The van der Waals surface area contributed by atoms with Crippen molar-refractivity contribution in [2.45, 2.75) is 37.5 Å². The van der Waals surface area contributed by atoms with Gasteiger partial charge in [-0.1, -0.05) is 17.3 Å². The average Bonchev–Trinajstić information content (AvgIpc) is 3.43. The highest BCUT2D eigenvalue weighted by Gasteiger charge is 2.41. The van der Waals surface area contributed by atoms with Gasteiger partial charge in [-0.15, -0.1) is 0 Å². The molecule has 0 unspecified atom stereocenters. The molecule has 29 heavy (non-hydrogen) atoms. The number of methoxy groups -OCH3 is 1. The molecule has 150 valence electrons. The molecular weight excluding hydrogens is 370 g/mol. The van der Waals surface area contributed by atoms with Crippen molar-refractivity contribution in [3.8, 4) is 17.1 Å². The van der Waals surface area contributed by atoms with Gasteiger partial charge >= 0.3 is 0 Å². The number of rotatable bonds is 4. The van der Waals surface area contributed by atoms with Gasteiger partial charge in [0.1, 0.15) is 5.75 Å². The highest BCUT2D eigenvalue weighted by molar-refractivity contribution is 5.55. The normalized spacial score (nSPS) is 17.8. The second kappa shape index (κ2) is 7.15. The summed E-state index contributed by atoms with van der Waals surface area (Å²) in [7, 11) is 1.65. The predicted molar refractivity (Wildman–Crippen MR) is 106 cm³/mol. The van der Waals surface area contributed by atoms with Crippen LogP contribution in [0.3, 0.4) is 0 Å². The molecule has 3 heterocycles. The third-order valence-corrected chi connectivity index (χ3v) is 6.15. The minimum Gasteiger partial charge on any atom is -0.497 e. The van der Waals surface area contributed by atoms with Gasteiger partial charge in [0.05, 0.1) is 18.1 Å². The van der Waals surface area contributed by atoms with Crippen molar-refractivity contribution in [2.24, 2.45) is 0 Å². The van der Waals surface area contributed by atoms with Gasteiger partial charge in [0.25, 0.3) is 5.56 Å². The Hall–Kier alpha value is -2.93. The van der Waals surface area contributed by atoms with E-state index in [9.17, 15) is 4.79 Å². The van der Waals surface area contributed by atoms with Gasteiger partial charge in [-0.2, -0.15) is 4.98 Å². The molecule has 0 bridgehead atoms. The summed E-state index contributed by atoms with van der Waals surface area (Å²) in [6, 6.07) is 9.87. The van der Waals surface area contributed by atoms with Crippen molar-refractivity contribution >= 4 is 0 Å². The smallest absolute Gasteiger partial charge is 0.259 e. The number of nitrogens with one attached hydrogen (secondary N) is 1. The van der Waals surface area contributed by atoms with E-state index in [4.69, 9.17) is 19.0 Å². The van der Waals surface area contributed by atoms with E-state index < -0.39 is 5.41 Å². The van der Waals surface area contributed by atoms with Crippen LogP contribution in [-0.2, 0) is 23.0 Å². The van der Waals surface area contributed by atoms with Gasteiger partial charge in [0.2, 0.25) is 11.7 Å². The average molecular weight is 393 g/mol. The fourth-order valence-electron chi connectivity index (χ4n) is 4.46. The summed E-state index contributed by atoms with van der Waals surface area (Å²) in [5.74, 6) is 1.67. The van der Waals surface area contributed by atoms with Crippen molar-refractivity contribution in [1.82, 2.24) is 15.1 Å². The Morgan fingerprint density at radius 1 is 1.14 bits per heavy atom. The van der Waals surface area contributed by atoms with Crippen LogP contribution in [0.2, 0.25) is 0 Å². The first-order chi connectivity index (χ1) is 14.2. The zero-order valence-electron chi connectivity index (χ0n) is 16.4. The fraction of sp³-hybridized carbons (Fsp3) is 0.409. The minimum atomic E-state index is -0.431. The maximum atomic E-state index is 12.6. The van der Waals surface area contributed by atoms with Gasteiger partial charge in [-0.25, -0.2) is 0 Å². The molecule has 5 rings (SSSR count). The Balaban J connectivity index is 1.57. The lowest BCUT2D eigenvalue weighted by Gasteiger charge is -2.34. The molecule has 1 saturated heterocycles. The van der Waals surface area contributed by atoms with Gasteiger partial charge < -0.3 is 19.0 Å². The Morgan fingerprint density at radius 2 is 1.93 bits per heavy atom. The first-order valence-corrected chi connectivity index (χ1v) is 10.0. The number of nitrogens with zero attached hydrogens (tertiary/aromatic N) is 2. The second-order valence-corrected chi connectivity index (χ2v) is 7.72. The molecule has 1 aliphatic heterocycles. The first kappa shape index (κ1) is 18.1. The van der Waals surface area contributed by atoms with E-state index in [2.05, 4.69) is 10.1 Å². The quantitative estimate of drug-likeness (QED) is 0.733. The molecule has 1 N–H and O–H groups in total. The van der Waals surface area contributed by atoms with Crippen LogP contribution in [-0.4, -0.2) is 35.4 Å². The number of ether oxygens (including phenoxy) is 2. The number of H-pyrrole nitrogens is 1. The van der Waals surface area contributed by atoms with Crippen LogP contribution in [0.1, 0.15) is 42.0 Å². The first-order valence-electron chi connectivity index (χ1n) is 10.0. The lowest BCUT2D eigenvalue weighted by Crippen LogP contribution is -2.35. The topological polar surface area (TPSA) is 90.2 Å². The van der Waals surface area contributed by atoms with Crippen molar-refractivity contribution < 1.29 is 14.0 Å². The van der Waals surface area contributed by atoms with Crippen molar-refractivity contribution in [1.29, 1.82) is 0 Å². The maximum absolute atomic E-state index is 12.6. The van der Waals surface area contributed by atoms with Crippen LogP contribution < -0.4 is 10.3 Å². The van der Waals surface area contributed by atoms with E-state index in [1.54, 1.807) is 7.11 Å². The largest absolute Gasteiger partial charge is 0.497 e. The monoisotopic (exact) mass is 393 g/mol. The number of hydrogen-bond acceptors (Lipinski definition) is 6. The number of aromatic amines is 1. The SMILES string of the molecule is COc1ccc(C2(c3nc(-c4cc5c([nH]c4=O)CCC5)no3)CCOCC2)cc1. The molecule has 2 aromatic heterocycles. The summed E-state index contributed by atoms with van der Waals surface area (Å²) in [6.45, 7) is 1.23. The Bertz CT molecular complexity index is 1080. The van der Waals surface area contributed by atoms with Crippen LogP contribution in [0, 0.1) is 0 Å². The molecule has 7 nitrogen and oxygen atoms in total. The Morgan fingerprint density at radius 3 is 2.69 bits per heavy atom. The summed E-state index contributed by atoms with van der Waals surface area (Å²) in [4.78, 5) is 20.3. The summed E-state index contributed by atoms with van der Waals surface area (Å²) in [5, 5.41) is 4.18. The predicted octanol–water partition coefficient (Wildman–Crippen LogP) is 3.02. The van der Waals surface area contributed by atoms with Gasteiger partial charge in [0.15, 0.2) is 0 Å². The van der Waals surface area contributed by atoms with Gasteiger partial charge in [0, 0.05) is 18.9 Å². The number of fused-ring (bicyclic) bond motifs is 1. The molecule has 1 fully saturated rings. The van der Waals surface area contributed by atoms with E-state index in [0.717, 1.165) is 49.1 Å². The molecule has 2 aliphatic rings. The van der Waals surface area contributed by atoms with Crippen LogP contribution in [0.15, 0.2) is 39.6 Å². The maximum Gasteiger partial charge on any atom is 0.259 e. The number of hydrogen-bond donors (Lipinski definition) is 1. The molecule has 1 aliphatic carbocycles. The number of pyridine rings is 1. The van der Waals surface area contributed by atoms with Crippen LogP contribution in [0.25, 0.3) is 11.4 Å². The Kier molecular flexibility index (Phi) is 4.47. The van der Waals surface area contributed by atoms with E-state index in [0.29, 0.717) is 30.5 Å². The fourth-order valence-corrected chi connectivity index (χ4v) is 4.46. The summed E-state index contributed by atoms with van der Waals surface area (Å²) in [6.07, 6.45) is 4.43. The molecule has 0 amide bonds. The molecule has 0 atom stereocenters. The Labute approximate surface area is 168 Å². The van der Waals surface area contributed by atoms with E-state index in [1.807, 2.05) is 30.3 Å². The summed E-state index contributed by atoms with van der Waals surface area (Å²) >= 11 is 0. The third-order valence-electron chi connectivity index (χ3n) is 6.15. The van der Waals surface area contributed by atoms with E-state index in [-0.39, 0.29) is 5.56 Å². The van der Waals surface area contributed by atoms with Crippen molar-refractivity contribution in [2.75, 3.05) is 20.3 Å². The third kappa shape index (κ3) is 3.06. The van der Waals surface area contributed by atoms with E-state index >= 15 is 0 Å². The molecule has 0 spiro atoms. The molecule has 1 aromatic carbocycles. The zero-order valence-corrected chi connectivity index (χ0v) is 16.4. The van der Waals surface area contributed by atoms with Crippen LogP contribution in [0.4, 0.5) is 0 Å². The highest BCUT2D eigenvalue weighted by Crippen LogP contribution is 2.41. The standard InChI is InChI=1S/C22H23N3O4/c1-27-16-7-5-15(6-8-16)22(9-11-28-12-10-22)21-24-19(25-29-21)17-13-14-3-2-4-18(14)23-20(17)26/h5-8,13H,2-4,9-12H2,1H3,(H,23,26). The lowest BCUT2D eigenvalue weighted by molar-refractivity contribution is 0.0523. The lowest BCUT2D eigenvalue weighted by atomic mass is 9.74. The number of benzene rings is 1. The molecular formula is C22H23N3O4.